The summed E-state index contributed by atoms with van der Waals surface area (Å²) in [5.74, 6) is -2.79. The van der Waals surface area contributed by atoms with Gasteiger partial charge in [0.1, 0.15) is 5.69 Å². The van der Waals surface area contributed by atoms with E-state index in [-0.39, 0.29) is 12.2 Å². The van der Waals surface area contributed by atoms with Crippen LogP contribution in [0, 0.1) is 0 Å². The number of hydrogen-bond acceptors (Lipinski definition) is 2. The van der Waals surface area contributed by atoms with Gasteiger partial charge in [0.25, 0.3) is 0 Å². The molecule has 2 nitrogen and oxygen atoms in total. The first kappa shape index (κ1) is 9.37. The van der Waals surface area contributed by atoms with Gasteiger partial charge in [-0.25, -0.2) is 0 Å². The Morgan fingerprint density at radius 1 is 1.57 bits per heavy atom. The Labute approximate surface area is 81.6 Å². The third kappa shape index (κ3) is 1.35. The molecule has 0 fully saturated rings. The molecule has 0 amide bonds. The molecule has 2 heterocycles. The molecule has 0 unspecified atom stereocenters. The number of halogens is 2. The van der Waals surface area contributed by atoms with Crippen LogP contribution in [0.15, 0.2) is 18.3 Å². The van der Waals surface area contributed by atoms with Crippen molar-refractivity contribution in [3.8, 4) is 0 Å². The predicted molar refractivity (Wildman–Crippen MR) is 50.6 cm³/mol. The summed E-state index contributed by atoms with van der Waals surface area (Å²) in [6, 6.07) is 3.40. The van der Waals surface area contributed by atoms with Crippen molar-refractivity contribution in [2.75, 3.05) is 18.0 Å². The molecular weight excluding hydrogens is 186 g/mol. The Morgan fingerprint density at radius 2 is 2.36 bits per heavy atom. The summed E-state index contributed by atoms with van der Waals surface area (Å²) in [6.45, 7) is 2.41. The zero-order valence-electron chi connectivity index (χ0n) is 8.00. The quantitative estimate of drug-likeness (QED) is 0.725. The summed E-state index contributed by atoms with van der Waals surface area (Å²) in [7, 11) is 0. The van der Waals surface area contributed by atoms with Crippen LogP contribution in [0.4, 0.5) is 14.5 Å². The first-order valence-corrected chi connectivity index (χ1v) is 4.73. The second-order valence-electron chi connectivity index (χ2n) is 3.50. The smallest absolute Gasteiger partial charge is 0.308 e. The normalized spacial score (nSPS) is 18.4. The average Bonchev–Trinajstić information content (AvgIpc) is 2.41. The zero-order chi connectivity index (χ0) is 10.2. The summed E-state index contributed by atoms with van der Waals surface area (Å²) in [6.07, 6.45) is 2.28. The van der Waals surface area contributed by atoms with Crippen LogP contribution in [0.25, 0.3) is 0 Å². The van der Waals surface area contributed by atoms with Crippen molar-refractivity contribution in [2.24, 2.45) is 0 Å². The van der Waals surface area contributed by atoms with E-state index in [9.17, 15) is 8.78 Å². The monoisotopic (exact) mass is 198 g/mol. The minimum absolute atomic E-state index is 0.0755. The van der Waals surface area contributed by atoms with E-state index in [1.807, 2.05) is 6.92 Å². The fraction of sp³-hybridized carbons (Fsp3) is 0.500. The van der Waals surface area contributed by atoms with E-state index in [0.717, 1.165) is 6.42 Å². The average molecular weight is 198 g/mol. The Morgan fingerprint density at radius 3 is 3.07 bits per heavy atom. The molecule has 0 bridgehead atoms. The summed E-state index contributed by atoms with van der Waals surface area (Å²) < 4.78 is 26.8. The van der Waals surface area contributed by atoms with Gasteiger partial charge in [-0.3, -0.25) is 4.98 Å². The van der Waals surface area contributed by atoms with Crippen molar-refractivity contribution >= 4 is 5.69 Å². The van der Waals surface area contributed by atoms with Crippen molar-refractivity contribution in [3.05, 3.63) is 24.0 Å². The second-order valence-corrected chi connectivity index (χ2v) is 3.50. The number of fused-ring (bicyclic) bond motifs is 1. The fourth-order valence-corrected chi connectivity index (χ4v) is 1.80. The van der Waals surface area contributed by atoms with Crippen LogP contribution in [0.5, 0.6) is 0 Å². The third-order valence-corrected chi connectivity index (χ3v) is 2.36. The van der Waals surface area contributed by atoms with E-state index < -0.39 is 5.92 Å². The molecule has 0 radical (unpaired) electrons. The van der Waals surface area contributed by atoms with Crippen molar-refractivity contribution in [1.82, 2.24) is 4.98 Å². The minimum atomic E-state index is -2.79. The van der Waals surface area contributed by atoms with Crippen LogP contribution in [0.2, 0.25) is 0 Å². The lowest BCUT2D eigenvalue weighted by atomic mass is 10.2. The molecule has 0 aromatic carbocycles. The number of anilines is 1. The number of pyridine rings is 1. The van der Waals surface area contributed by atoms with Gasteiger partial charge in [-0.15, -0.1) is 0 Å². The highest BCUT2D eigenvalue weighted by atomic mass is 19.3. The van der Waals surface area contributed by atoms with Gasteiger partial charge in [0.05, 0.1) is 12.2 Å². The molecule has 0 N–H and O–H groups in total. The second kappa shape index (κ2) is 3.19. The molecular formula is C10H12F2N2. The lowest BCUT2D eigenvalue weighted by molar-refractivity contribution is 0.00986. The predicted octanol–water partition coefficient (Wildman–Crippen LogP) is 2.40. The molecule has 0 saturated heterocycles. The maximum absolute atomic E-state index is 13.4. The first-order chi connectivity index (χ1) is 6.65. The van der Waals surface area contributed by atoms with Gasteiger partial charge < -0.3 is 4.90 Å². The molecule has 1 aromatic heterocycles. The van der Waals surface area contributed by atoms with Gasteiger partial charge in [0, 0.05) is 12.7 Å². The highest BCUT2D eigenvalue weighted by Gasteiger charge is 2.44. The van der Waals surface area contributed by atoms with E-state index in [1.54, 1.807) is 17.0 Å². The topological polar surface area (TPSA) is 16.1 Å². The Kier molecular flexibility index (Phi) is 2.13. The van der Waals surface area contributed by atoms with Gasteiger partial charge in [0.15, 0.2) is 0 Å². The summed E-state index contributed by atoms with van der Waals surface area (Å²) >= 11 is 0. The summed E-state index contributed by atoms with van der Waals surface area (Å²) in [5, 5.41) is 0. The van der Waals surface area contributed by atoms with Crippen molar-refractivity contribution < 1.29 is 8.78 Å². The summed E-state index contributed by atoms with van der Waals surface area (Å²) in [4.78, 5) is 5.45. The Bertz CT molecular complexity index is 339. The maximum atomic E-state index is 13.4. The fourth-order valence-electron chi connectivity index (χ4n) is 1.80. The van der Waals surface area contributed by atoms with Crippen molar-refractivity contribution in [3.63, 3.8) is 0 Å². The highest BCUT2D eigenvalue weighted by Crippen LogP contribution is 2.41. The van der Waals surface area contributed by atoms with Crippen LogP contribution in [-0.2, 0) is 5.92 Å². The van der Waals surface area contributed by atoms with Crippen LogP contribution in [0.3, 0.4) is 0 Å². The molecule has 2 rings (SSSR count). The Balaban J connectivity index is 2.39. The van der Waals surface area contributed by atoms with Crippen LogP contribution < -0.4 is 4.90 Å². The number of alkyl halides is 2. The molecule has 1 aliphatic rings. The van der Waals surface area contributed by atoms with E-state index in [2.05, 4.69) is 4.98 Å². The molecule has 1 aromatic rings. The van der Waals surface area contributed by atoms with E-state index in [4.69, 9.17) is 0 Å². The maximum Gasteiger partial charge on any atom is 0.308 e. The summed E-state index contributed by atoms with van der Waals surface area (Å²) in [5.41, 5.74) is 0.507. The van der Waals surface area contributed by atoms with Crippen LogP contribution in [-0.4, -0.2) is 18.1 Å². The zero-order valence-corrected chi connectivity index (χ0v) is 8.00. The van der Waals surface area contributed by atoms with Gasteiger partial charge in [-0.2, -0.15) is 8.78 Å². The van der Waals surface area contributed by atoms with E-state index in [1.165, 1.54) is 6.20 Å². The lowest BCUT2D eigenvalue weighted by Gasteiger charge is -2.17. The molecule has 14 heavy (non-hydrogen) atoms. The molecule has 4 heteroatoms. The number of hydrogen-bond donors (Lipinski definition) is 0. The first-order valence-electron chi connectivity index (χ1n) is 4.73. The number of aromatic nitrogens is 1. The minimum Gasteiger partial charge on any atom is -0.363 e. The van der Waals surface area contributed by atoms with Crippen molar-refractivity contribution in [1.29, 1.82) is 0 Å². The number of nitrogens with zero attached hydrogens (tertiary/aromatic N) is 2. The van der Waals surface area contributed by atoms with Crippen molar-refractivity contribution in [2.45, 2.75) is 19.3 Å². The molecule has 0 saturated carbocycles. The molecule has 0 spiro atoms. The van der Waals surface area contributed by atoms with Gasteiger partial charge in [0.2, 0.25) is 0 Å². The highest BCUT2D eigenvalue weighted by molar-refractivity contribution is 5.57. The van der Waals surface area contributed by atoms with Gasteiger partial charge in [-0.1, -0.05) is 6.92 Å². The Hall–Kier alpha value is -1.19. The molecule has 0 aliphatic carbocycles. The SMILES string of the molecule is CCCN1CC(F)(F)c2ncccc21. The molecule has 1 aliphatic heterocycles. The standard InChI is InChI=1S/C10H12F2N2/c1-2-6-14-7-10(11,12)9-8(14)4-3-5-13-9/h3-5H,2,6-7H2,1H3. The van der Waals surface area contributed by atoms with E-state index in [0.29, 0.717) is 12.2 Å². The van der Waals surface area contributed by atoms with Gasteiger partial charge in [-0.05, 0) is 18.6 Å². The van der Waals surface area contributed by atoms with Crippen LogP contribution >= 0.6 is 0 Å². The van der Waals surface area contributed by atoms with Gasteiger partial charge >= 0.3 is 5.92 Å². The largest absolute Gasteiger partial charge is 0.363 e. The molecule has 76 valence electrons. The third-order valence-electron chi connectivity index (χ3n) is 2.36. The van der Waals surface area contributed by atoms with E-state index >= 15 is 0 Å². The number of rotatable bonds is 2. The van der Waals surface area contributed by atoms with Crippen LogP contribution in [0.1, 0.15) is 19.0 Å². The lowest BCUT2D eigenvalue weighted by Crippen LogP contribution is -2.27. The molecule has 0 atom stereocenters.